The molecule has 1 aromatic heterocycles. The van der Waals surface area contributed by atoms with Gasteiger partial charge in [0.2, 0.25) is 0 Å². The highest BCUT2D eigenvalue weighted by Gasteiger charge is 2.02. The first-order valence-corrected chi connectivity index (χ1v) is 4.21. The molecular weight excluding hydrogens is 178 g/mol. The summed E-state index contributed by atoms with van der Waals surface area (Å²) in [6, 6.07) is 10.2. The zero-order valence-electron chi connectivity index (χ0n) is 7.38. The van der Waals surface area contributed by atoms with Crippen LogP contribution in [-0.2, 0) is 0 Å². The molecule has 0 spiro atoms. The quantitative estimate of drug-likeness (QED) is 0.672. The Morgan fingerprint density at radius 3 is 2.43 bits per heavy atom. The van der Waals surface area contributed by atoms with Crippen molar-refractivity contribution in [2.75, 3.05) is 0 Å². The number of nitrogens with zero attached hydrogens (tertiary/aromatic N) is 1. The Hall–Kier alpha value is -2.03. The van der Waals surface area contributed by atoms with Crippen LogP contribution in [0.15, 0.2) is 42.6 Å². The van der Waals surface area contributed by atoms with Crippen molar-refractivity contribution in [3.05, 3.63) is 42.6 Å². The summed E-state index contributed by atoms with van der Waals surface area (Å²) in [6.45, 7) is 0. The van der Waals surface area contributed by atoms with Crippen molar-refractivity contribution >= 4 is 0 Å². The van der Waals surface area contributed by atoms with Gasteiger partial charge in [-0.15, -0.1) is 0 Å². The van der Waals surface area contributed by atoms with Gasteiger partial charge in [0.25, 0.3) is 0 Å². The van der Waals surface area contributed by atoms with Crippen LogP contribution in [0.25, 0.3) is 11.3 Å². The van der Waals surface area contributed by atoms with E-state index < -0.39 is 0 Å². The fraction of sp³-hybridized carbons (Fsp3) is 0. The normalized spacial score (nSPS) is 10.0. The first kappa shape index (κ1) is 8.56. The van der Waals surface area contributed by atoms with E-state index in [0.29, 0.717) is 0 Å². The van der Waals surface area contributed by atoms with Crippen molar-refractivity contribution in [2.45, 2.75) is 0 Å². The second kappa shape index (κ2) is 3.38. The van der Waals surface area contributed by atoms with Crippen LogP contribution < -0.4 is 0 Å². The first-order valence-electron chi connectivity index (χ1n) is 4.21. The zero-order valence-corrected chi connectivity index (χ0v) is 7.38. The number of benzene rings is 1. The fourth-order valence-electron chi connectivity index (χ4n) is 1.22. The highest BCUT2D eigenvalue weighted by Crippen LogP contribution is 2.29. The lowest BCUT2D eigenvalue weighted by atomic mass is 10.1. The Bertz CT molecular complexity index is 440. The number of hydrogen-bond acceptors (Lipinski definition) is 3. The molecule has 3 nitrogen and oxygen atoms in total. The topological polar surface area (TPSA) is 53.4 Å². The molecular formula is C11H9NO2. The second-order valence-electron chi connectivity index (χ2n) is 2.92. The number of phenols is 2. The van der Waals surface area contributed by atoms with Gasteiger partial charge in [0, 0.05) is 11.8 Å². The average Bonchev–Trinajstić information content (AvgIpc) is 2.23. The maximum Gasteiger partial charge on any atom is 0.158 e. The van der Waals surface area contributed by atoms with Gasteiger partial charge in [-0.1, -0.05) is 6.07 Å². The molecule has 0 amide bonds. The van der Waals surface area contributed by atoms with Gasteiger partial charge in [0.05, 0.1) is 5.69 Å². The van der Waals surface area contributed by atoms with E-state index in [-0.39, 0.29) is 11.5 Å². The third kappa shape index (κ3) is 1.52. The molecule has 0 aliphatic rings. The molecule has 1 heterocycles. The number of phenolic OH excluding ortho intramolecular Hbond substituents is 2. The predicted octanol–water partition coefficient (Wildman–Crippen LogP) is 2.16. The van der Waals surface area contributed by atoms with Crippen molar-refractivity contribution in [3.8, 4) is 22.8 Å². The van der Waals surface area contributed by atoms with Gasteiger partial charge in [0.15, 0.2) is 11.5 Å². The molecule has 70 valence electrons. The van der Waals surface area contributed by atoms with E-state index in [1.807, 2.05) is 18.2 Å². The number of hydrogen-bond donors (Lipinski definition) is 2. The van der Waals surface area contributed by atoms with Crippen LogP contribution in [0, 0.1) is 0 Å². The SMILES string of the molecule is Oc1ccc(-c2ccccn2)cc1O. The second-order valence-corrected chi connectivity index (χ2v) is 2.92. The summed E-state index contributed by atoms with van der Waals surface area (Å²) < 4.78 is 0. The molecule has 0 aliphatic carbocycles. The van der Waals surface area contributed by atoms with Gasteiger partial charge in [0.1, 0.15) is 0 Å². The lowest BCUT2D eigenvalue weighted by Gasteiger charge is -2.02. The van der Waals surface area contributed by atoms with Crippen LogP contribution in [0.1, 0.15) is 0 Å². The molecule has 0 aliphatic heterocycles. The van der Waals surface area contributed by atoms with Gasteiger partial charge in [-0.3, -0.25) is 4.98 Å². The van der Waals surface area contributed by atoms with Gasteiger partial charge in [-0.2, -0.15) is 0 Å². The Morgan fingerprint density at radius 2 is 1.79 bits per heavy atom. The van der Waals surface area contributed by atoms with E-state index in [2.05, 4.69) is 4.98 Å². The maximum absolute atomic E-state index is 9.28. The molecule has 3 heteroatoms. The largest absolute Gasteiger partial charge is 0.504 e. The Balaban J connectivity index is 2.48. The summed E-state index contributed by atoms with van der Waals surface area (Å²) in [7, 11) is 0. The van der Waals surface area contributed by atoms with E-state index in [1.54, 1.807) is 12.3 Å². The Morgan fingerprint density at radius 1 is 0.929 bits per heavy atom. The molecule has 2 rings (SSSR count). The van der Waals surface area contributed by atoms with E-state index in [0.717, 1.165) is 11.3 Å². The Labute approximate surface area is 81.3 Å². The highest BCUT2D eigenvalue weighted by molar-refractivity contribution is 5.63. The van der Waals surface area contributed by atoms with Gasteiger partial charge >= 0.3 is 0 Å². The number of aromatic hydroxyl groups is 2. The van der Waals surface area contributed by atoms with Gasteiger partial charge in [-0.25, -0.2) is 0 Å². The van der Waals surface area contributed by atoms with Crippen LogP contribution in [-0.4, -0.2) is 15.2 Å². The molecule has 0 saturated carbocycles. The van der Waals surface area contributed by atoms with Crippen LogP contribution >= 0.6 is 0 Å². The molecule has 1 aromatic carbocycles. The standard InChI is InChI=1S/C11H9NO2/c13-10-5-4-8(7-11(10)14)9-3-1-2-6-12-9/h1-7,13-14H. The van der Waals surface area contributed by atoms with Crippen LogP contribution in [0.3, 0.4) is 0 Å². The maximum atomic E-state index is 9.28. The number of rotatable bonds is 1. The monoisotopic (exact) mass is 187 g/mol. The lowest BCUT2D eigenvalue weighted by molar-refractivity contribution is 0.404. The summed E-state index contributed by atoms with van der Waals surface area (Å²) >= 11 is 0. The minimum absolute atomic E-state index is 0.121. The van der Waals surface area contributed by atoms with E-state index >= 15 is 0 Å². The van der Waals surface area contributed by atoms with Gasteiger partial charge in [-0.05, 0) is 30.3 Å². The van der Waals surface area contributed by atoms with E-state index in [9.17, 15) is 5.11 Å². The molecule has 2 aromatic rings. The summed E-state index contributed by atoms with van der Waals surface area (Å²) in [5.41, 5.74) is 1.55. The van der Waals surface area contributed by atoms with E-state index in [4.69, 9.17) is 5.11 Å². The van der Waals surface area contributed by atoms with Gasteiger partial charge < -0.3 is 10.2 Å². The molecule has 0 unspecified atom stereocenters. The lowest BCUT2D eigenvalue weighted by Crippen LogP contribution is -1.81. The fourth-order valence-corrected chi connectivity index (χ4v) is 1.22. The molecule has 14 heavy (non-hydrogen) atoms. The van der Waals surface area contributed by atoms with Crippen molar-refractivity contribution in [2.24, 2.45) is 0 Å². The molecule has 0 atom stereocenters. The number of pyridine rings is 1. The van der Waals surface area contributed by atoms with Crippen molar-refractivity contribution in [1.82, 2.24) is 4.98 Å². The van der Waals surface area contributed by atoms with Crippen molar-refractivity contribution < 1.29 is 10.2 Å². The molecule has 0 radical (unpaired) electrons. The third-order valence-corrected chi connectivity index (χ3v) is 1.94. The average molecular weight is 187 g/mol. The summed E-state index contributed by atoms with van der Waals surface area (Å²) in [5.74, 6) is -0.252. The Kier molecular flexibility index (Phi) is 2.07. The predicted molar refractivity (Wildman–Crippen MR) is 53.0 cm³/mol. The molecule has 0 bridgehead atoms. The molecule has 0 saturated heterocycles. The summed E-state index contributed by atoms with van der Waals surface area (Å²) in [5, 5.41) is 18.4. The third-order valence-electron chi connectivity index (χ3n) is 1.94. The first-order chi connectivity index (χ1) is 6.77. The summed E-state index contributed by atoms with van der Waals surface area (Å²) in [4.78, 5) is 4.13. The van der Waals surface area contributed by atoms with E-state index in [1.165, 1.54) is 12.1 Å². The van der Waals surface area contributed by atoms with Crippen molar-refractivity contribution in [3.63, 3.8) is 0 Å². The minimum Gasteiger partial charge on any atom is -0.504 e. The van der Waals surface area contributed by atoms with Crippen LogP contribution in [0.5, 0.6) is 11.5 Å². The van der Waals surface area contributed by atoms with Crippen LogP contribution in [0.4, 0.5) is 0 Å². The van der Waals surface area contributed by atoms with Crippen LogP contribution in [0.2, 0.25) is 0 Å². The highest BCUT2D eigenvalue weighted by atomic mass is 16.3. The minimum atomic E-state index is -0.131. The summed E-state index contributed by atoms with van der Waals surface area (Å²) in [6.07, 6.45) is 1.68. The smallest absolute Gasteiger partial charge is 0.158 e. The molecule has 0 fully saturated rings. The zero-order chi connectivity index (χ0) is 9.97. The van der Waals surface area contributed by atoms with Crippen molar-refractivity contribution in [1.29, 1.82) is 0 Å². The number of aromatic nitrogens is 1. The molecule has 2 N–H and O–H groups in total.